The average molecular weight is 711 g/mol. The SMILES string of the molecule is NCCC[C@@H]1NC(=O)[C@@H](N)Cc2cc(ccc2O)-c2cccc(c2)CC(C(=O)N[C@H](CCCN)C(=O)NCCC[C@H](N)C(=O)NCCN)NC1=O. The minimum Gasteiger partial charge on any atom is -0.508 e. The number of carbonyl (C=O) groups is 5. The second-order valence-corrected chi connectivity index (χ2v) is 12.7. The molecule has 1 heterocycles. The first kappa shape index (κ1) is 40.8. The summed E-state index contributed by atoms with van der Waals surface area (Å²) in [5.41, 5.74) is 31.7. The first-order valence-electron chi connectivity index (χ1n) is 17.5. The lowest BCUT2D eigenvalue weighted by Crippen LogP contribution is -2.58. The summed E-state index contributed by atoms with van der Waals surface area (Å²) >= 11 is 0. The number of phenols is 1. The maximum Gasteiger partial charge on any atom is 0.243 e. The van der Waals surface area contributed by atoms with Crippen LogP contribution in [-0.2, 0) is 36.8 Å². The highest BCUT2D eigenvalue weighted by Crippen LogP contribution is 2.28. The molecule has 5 atom stereocenters. The van der Waals surface area contributed by atoms with Gasteiger partial charge in [0, 0.05) is 32.5 Å². The fourth-order valence-corrected chi connectivity index (χ4v) is 5.70. The summed E-state index contributed by atoms with van der Waals surface area (Å²) in [6.45, 7) is 1.36. The maximum absolute atomic E-state index is 13.9. The molecule has 16 nitrogen and oxygen atoms in total. The van der Waals surface area contributed by atoms with Gasteiger partial charge < -0.3 is 60.4 Å². The summed E-state index contributed by atoms with van der Waals surface area (Å²) in [5.74, 6) is -2.63. The molecule has 0 aliphatic carbocycles. The lowest BCUT2D eigenvalue weighted by Gasteiger charge is -2.26. The molecule has 16 N–H and O–H groups in total. The van der Waals surface area contributed by atoms with Crippen LogP contribution in [0.3, 0.4) is 0 Å². The standard InChI is InChI=1S/C35H54N10O6/c36-12-2-8-27(33(49)41-15-4-7-25(39)31(47)42-16-14-38)44-35(51)29-18-21-5-1-6-22(17-21)23-10-11-30(46)24(19-23)20-26(40)32(48)43-28(9-3-13-37)34(50)45-29/h1,5-6,10-11,17,19,25-29,46H,2-4,7-9,12-16,18,20,36-40H2,(H,41,49)(H,42,47)(H,43,48)(H,44,51)(H,45,50)/t25-,26-,27+,28-,29?/m0/s1. The molecule has 2 aromatic carbocycles. The Kier molecular flexibility index (Phi) is 16.7. The molecule has 5 amide bonds. The summed E-state index contributed by atoms with van der Waals surface area (Å²) in [4.78, 5) is 66.2. The van der Waals surface area contributed by atoms with Crippen molar-refractivity contribution < 1.29 is 29.1 Å². The van der Waals surface area contributed by atoms with E-state index in [1.807, 2.05) is 24.3 Å². The summed E-state index contributed by atoms with van der Waals surface area (Å²) in [6, 6.07) is 7.40. The van der Waals surface area contributed by atoms with Crippen LogP contribution in [0.1, 0.15) is 49.7 Å². The van der Waals surface area contributed by atoms with Crippen LogP contribution in [-0.4, -0.2) is 97.6 Å². The van der Waals surface area contributed by atoms with E-state index in [9.17, 15) is 29.1 Å². The van der Waals surface area contributed by atoms with Gasteiger partial charge in [-0.15, -0.1) is 0 Å². The molecule has 0 aromatic heterocycles. The fraction of sp³-hybridized carbons (Fsp3) is 0.514. The summed E-state index contributed by atoms with van der Waals surface area (Å²) < 4.78 is 0. The molecule has 0 saturated carbocycles. The minimum absolute atomic E-state index is 0.0147. The zero-order valence-electron chi connectivity index (χ0n) is 29.0. The van der Waals surface area contributed by atoms with Crippen LogP contribution >= 0.6 is 0 Å². The van der Waals surface area contributed by atoms with Gasteiger partial charge in [0.2, 0.25) is 29.5 Å². The van der Waals surface area contributed by atoms with Gasteiger partial charge in [0.25, 0.3) is 0 Å². The second-order valence-electron chi connectivity index (χ2n) is 12.7. The van der Waals surface area contributed by atoms with Crippen LogP contribution in [0.2, 0.25) is 0 Å². The molecular weight excluding hydrogens is 656 g/mol. The van der Waals surface area contributed by atoms with E-state index >= 15 is 0 Å². The number of carbonyl (C=O) groups excluding carboxylic acids is 5. The van der Waals surface area contributed by atoms with Gasteiger partial charge in [-0.3, -0.25) is 24.0 Å². The number of phenolic OH excluding ortho intramolecular Hbond substituents is 1. The van der Waals surface area contributed by atoms with Crippen molar-refractivity contribution in [2.45, 2.75) is 81.6 Å². The number of fused-ring (bicyclic) bond motifs is 5. The number of aromatic hydroxyl groups is 1. The largest absolute Gasteiger partial charge is 0.508 e. The second kappa shape index (κ2) is 20.9. The molecule has 280 valence electrons. The highest BCUT2D eigenvalue weighted by Gasteiger charge is 2.31. The van der Waals surface area contributed by atoms with Gasteiger partial charge in [0.15, 0.2) is 0 Å². The van der Waals surface area contributed by atoms with Crippen LogP contribution < -0.4 is 55.3 Å². The van der Waals surface area contributed by atoms with Crippen molar-refractivity contribution >= 4 is 29.5 Å². The third kappa shape index (κ3) is 12.9. The average Bonchev–Trinajstić information content (AvgIpc) is 3.12. The van der Waals surface area contributed by atoms with E-state index < -0.39 is 53.8 Å². The van der Waals surface area contributed by atoms with Gasteiger partial charge in [0.1, 0.15) is 23.9 Å². The van der Waals surface area contributed by atoms with Crippen LogP contribution in [0, 0.1) is 0 Å². The smallest absolute Gasteiger partial charge is 0.243 e. The molecule has 0 spiro atoms. The van der Waals surface area contributed by atoms with Gasteiger partial charge >= 0.3 is 0 Å². The van der Waals surface area contributed by atoms with Crippen LogP contribution in [0.5, 0.6) is 5.75 Å². The Labute approximate surface area is 298 Å². The Morgan fingerprint density at radius 3 is 2.27 bits per heavy atom. The monoisotopic (exact) mass is 710 g/mol. The number of nitrogens with one attached hydrogen (secondary N) is 5. The van der Waals surface area contributed by atoms with E-state index in [-0.39, 0.29) is 57.0 Å². The Morgan fingerprint density at radius 1 is 0.824 bits per heavy atom. The predicted molar refractivity (Wildman–Crippen MR) is 194 cm³/mol. The zero-order chi connectivity index (χ0) is 37.3. The Bertz CT molecular complexity index is 1490. The van der Waals surface area contributed by atoms with Crippen molar-refractivity contribution in [3.8, 4) is 16.9 Å². The molecule has 3 rings (SSSR count). The topological polar surface area (TPSA) is 296 Å². The van der Waals surface area contributed by atoms with Crippen molar-refractivity contribution in [1.29, 1.82) is 0 Å². The molecule has 4 bridgehead atoms. The molecular formula is C35H54N10O6. The summed E-state index contributed by atoms with van der Waals surface area (Å²) in [5, 5.41) is 24.2. The van der Waals surface area contributed by atoms with Crippen LogP contribution in [0.15, 0.2) is 42.5 Å². The number of hydrogen-bond acceptors (Lipinski definition) is 11. The Hall–Kier alpha value is -4.61. The first-order valence-corrected chi connectivity index (χ1v) is 17.5. The number of amides is 5. The van der Waals surface area contributed by atoms with Crippen molar-refractivity contribution in [2.24, 2.45) is 28.7 Å². The van der Waals surface area contributed by atoms with Crippen molar-refractivity contribution in [2.75, 3.05) is 32.7 Å². The third-order valence-electron chi connectivity index (χ3n) is 8.62. The summed E-state index contributed by atoms with van der Waals surface area (Å²) in [6.07, 6.45) is 2.07. The molecule has 16 heteroatoms. The quantitative estimate of drug-likeness (QED) is 0.0825. The van der Waals surface area contributed by atoms with E-state index in [1.54, 1.807) is 12.1 Å². The zero-order valence-corrected chi connectivity index (χ0v) is 29.0. The van der Waals surface area contributed by atoms with Crippen molar-refractivity contribution in [3.05, 3.63) is 53.6 Å². The van der Waals surface area contributed by atoms with E-state index in [4.69, 9.17) is 28.7 Å². The van der Waals surface area contributed by atoms with Crippen molar-refractivity contribution in [3.63, 3.8) is 0 Å². The molecule has 1 unspecified atom stereocenters. The number of nitrogens with two attached hydrogens (primary N) is 5. The molecule has 0 saturated heterocycles. The predicted octanol–water partition coefficient (Wildman–Crippen LogP) is -2.28. The fourth-order valence-electron chi connectivity index (χ4n) is 5.70. The van der Waals surface area contributed by atoms with Crippen LogP contribution in [0.25, 0.3) is 11.1 Å². The highest BCUT2D eigenvalue weighted by atomic mass is 16.3. The third-order valence-corrected chi connectivity index (χ3v) is 8.62. The van der Waals surface area contributed by atoms with E-state index in [0.29, 0.717) is 49.9 Å². The van der Waals surface area contributed by atoms with Crippen molar-refractivity contribution in [1.82, 2.24) is 26.6 Å². The van der Waals surface area contributed by atoms with Gasteiger partial charge in [-0.2, -0.15) is 0 Å². The maximum atomic E-state index is 13.9. The Balaban J connectivity index is 1.86. The van der Waals surface area contributed by atoms with Gasteiger partial charge in [-0.1, -0.05) is 30.3 Å². The number of benzene rings is 2. The molecule has 0 radical (unpaired) electrons. The minimum atomic E-state index is -1.14. The first-order chi connectivity index (χ1) is 24.5. The molecule has 1 aliphatic heterocycles. The van der Waals surface area contributed by atoms with E-state index in [2.05, 4.69) is 26.6 Å². The lowest BCUT2D eigenvalue weighted by atomic mass is 9.96. The van der Waals surface area contributed by atoms with Crippen LogP contribution in [0.4, 0.5) is 0 Å². The molecule has 1 aliphatic rings. The lowest BCUT2D eigenvalue weighted by molar-refractivity contribution is -0.134. The molecule has 51 heavy (non-hydrogen) atoms. The van der Waals surface area contributed by atoms with Gasteiger partial charge in [-0.25, -0.2) is 0 Å². The number of hydrogen-bond donors (Lipinski definition) is 11. The van der Waals surface area contributed by atoms with E-state index in [1.165, 1.54) is 6.07 Å². The molecule has 0 fully saturated rings. The Morgan fingerprint density at radius 2 is 1.55 bits per heavy atom. The normalized spacial score (nSPS) is 19.0. The highest BCUT2D eigenvalue weighted by molar-refractivity contribution is 5.95. The van der Waals surface area contributed by atoms with E-state index in [0.717, 1.165) is 11.1 Å². The van der Waals surface area contributed by atoms with Gasteiger partial charge in [0.05, 0.1) is 12.1 Å². The summed E-state index contributed by atoms with van der Waals surface area (Å²) in [7, 11) is 0. The number of rotatable bonds is 16. The molecule has 2 aromatic rings. The van der Waals surface area contributed by atoms with Gasteiger partial charge in [-0.05, 0) is 86.0 Å².